The zero-order valence-electron chi connectivity index (χ0n) is 12.8. The van der Waals surface area contributed by atoms with Crippen LogP contribution in [0.3, 0.4) is 0 Å². The molecule has 2 aromatic rings. The number of nitrogen functional groups attached to an aromatic ring is 1. The molecule has 0 radical (unpaired) electrons. The van der Waals surface area contributed by atoms with E-state index in [0.29, 0.717) is 0 Å². The smallest absolute Gasteiger partial charge is 0.809 e. The number of aromatic nitrogens is 4. The van der Waals surface area contributed by atoms with E-state index in [1.165, 1.54) is 17.2 Å². The van der Waals surface area contributed by atoms with Gasteiger partial charge in [-0.3, -0.25) is 4.57 Å². The molecule has 118 valence electrons. The van der Waals surface area contributed by atoms with Crippen molar-refractivity contribution in [2.75, 3.05) is 12.1 Å². The molecule has 0 saturated carbocycles. The summed E-state index contributed by atoms with van der Waals surface area (Å²) in [6, 6.07) is 0. The summed E-state index contributed by atoms with van der Waals surface area (Å²) in [5.41, 5.74) is 6.13. The Morgan fingerprint density at radius 3 is 2.75 bits per heavy atom. The number of imidazole rings is 1. The van der Waals surface area contributed by atoms with Crippen molar-refractivity contribution < 1.29 is 87.3 Å². The molecule has 0 spiro atoms. The largest absolute Gasteiger partial charge is 1.00 e. The predicted molar refractivity (Wildman–Crippen MR) is 66.4 cm³/mol. The molecule has 14 heteroatoms. The fourth-order valence-electron chi connectivity index (χ4n) is 1.94. The topological polar surface area (TPSA) is 151 Å². The first-order chi connectivity index (χ1) is 10.3. The molecular formula is C10H9FN5Na2O5P. The summed E-state index contributed by atoms with van der Waals surface area (Å²) in [6.07, 6.45) is -0.307. The summed E-state index contributed by atoms with van der Waals surface area (Å²) < 4.78 is 35.6. The van der Waals surface area contributed by atoms with Gasteiger partial charge in [-0.1, -0.05) is 0 Å². The Kier molecular flexibility index (Phi) is 7.98. The second kappa shape index (κ2) is 8.65. The van der Waals surface area contributed by atoms with Crippen LogP contribution in [0.1, 0.15) is 6.23 Å². The molecule has 0 fully saturated rings. The van der Waals surface area contributed by atoms with Crippen molar-refractivity contribution in [2.24, 2.45) is 0 Å². The maximum atomic E-state index is 14.0. The predicted octanol–water partition coefficient (Wildman–Crippen LogP) is -6.99. The van der Waals surface area contributed by atoms with Crippen LogP contribution in [-0.4, -0.2) is 32.2 Å². The van der Waals surface area contributed by atoms with E-state index in [2.05, 4.69) is 19.7 Å². The Balaban J connectivity index is 0.00000144. The Hall–Kier alpha value is 0.0900. The van der Waals surface area contributed by atoms with Gasteiger partial charge < -0.3 is 29.6 Å². The van der Waals surface area contributed by atoms with Gasteiger partial charge in [-0.2, -0.15) is 0 Å². The van der Waals surface area contributed by atoms with Crippen molar-refractivity contribution >= 4 is 24.6 Å². The molecule has 0 amide bonds. The molecule has 0 bridgehead atoms. The van der Waals surface area contributed by atoms with Gasteiger partial charge in [0.05, 0.1) is 12.7 Å². The summed E-state index contributed by atoms with van der Waals surface area (Å²) in [6.45, 7) is 0. The molecule has 0 saturated heterocycles. The van der Waals surface area contributed by atoms with E-state index < -0.39 is 32.3 Å². The maximum absolute atomic E-state index is 14.0. The van der Waals surface area contributed by atoms with E-state index in [1.54, 1.807) is 0 Å². The molecule has 1 aliphatic rings. The van der Waals surface area contributed by atoms with Crippen LogP contribution in [0.25, 0.3) is 11.2 Å². The van der Waals surface area contributed by atoms with Crippen molar-refractivity contribution in [1.82, 2.24) is 19.5 Å². The maximum Gasteiger partial charge on any atom is 1.00 e. The quantitative estimate of drug-likeness (QED) is 0.406. The van der Waals surface area contributed by atoms with Crippen LogP contribution in [0.15, 0.2) is 24.6 Å². The first-order valence-electron chi connectivity index (χ1n) is 5.93. The number of halogens is 1. The van der Waals surface area contributed by atoms with Crippen LogP contribution in [-0.2, 0) is 14.0 Å². The van der Waals surface area contributed by atoms with E-state index in [1.807, 2.05) is 0 Å². The van der Waals surface area contributed by atoms with Crippen LogP contribution < -0.4 is 74.6 Å². The third-order valence-electron chi connectivity index (χ3n) is 2.83. The number of ether oxygens (including phenoxy) is 2. The Morgan fingerprint density at radius 1 is 1.38 bits per heavy atom. The molecule has 24 heavy (non-hydrogen) atoms. The van der Waals surface area contributed by atoms with E-state index in [4.69, 9.17) is 10.5 Å². The van der Waals surface area contributed by atoms with Crippen molar-refractivity contribution in [3.63, 3.8) is 0 Å². The molecular weight excluding hydrogens is 366 g/mol. The summed E-state index contributed by atoms with van der Waals surface area (Å²) in [5, 5.41) is 0. The molecule has 0 aliphatic carbocycles. The number of nitrogens with zero attached hydrogens (tertiary/aromatic N) is 4. The SMILES string of the molecule is Nc1ncnc2c1ncn2[C@@H]1O[C@H](OCP(=O)([O-])[O-])C=C1F.[Na+].[Na+]. The monoisotopic (exact) mass is 375 g/mol. The first kappa shape index (κ1) is 22.1. The van der Waals surface area contributed by atoms with Crippen LogP contribution in [0.2, 0.25) is 0 Å². The Bertz CT molecular complexity index is 799. The van der Waals surface area contributed by atoms with Gasteiger partial charge in [-0.25, -0.2) is 19.3 Å². The molecule has 0 unspecified atom stereocenters. The molecule has 2 N–H and O–H groups in total. The van der Waals surface area contributed by atoms with Crippen LogP contribution in [0, 0.1) is 0 Å². The van der Waals surface area contributed by atoms with Gasteiger partial charge in [0.25, 0.3) is 0 Å². The van der Waals surface area contributed by atoms with E-state index in [-0.39, 0.29) is 76.1 Å². The van der Waals surface area contributed by atoms with Gasteiger partial charge in [-0.05, 0) is 7.60 Å². The van der Waals surface area contributed by atoms with E-state index >= 15 is 0 Å². The first-order valence-corrected chi connectivity index (χ1v) is 7.66. The van der Waals surface area contributed by atoms with Crippen LogP contribution in [0.4, 0.5) is 10.2 Å². The minimum absolute atomic E-state index is 0. The third-order valence-corrected chi connectivity index (χ3v) is 3.30. The second-order valence-electron chi connectivity index (χ2n) is 4.40. The summed E-state index contributed by atoms with van der Waals surface area (Å²) in [4.78, 5) is 32.7. The number of hydrogen-bond acceptors (Lipinski definition) is 9. The minimum atomic E-state index is -4.87. The third kappa shape index (κ3) is 4.83. The molecule has 3 rings (SSSR count). The van der Waals surface area contributed by atoms with E-state index in [0.717, 1.165) is 6.08 Å². The minimum Gasteiger partial charge on any atom is -0.809 e. The molecule has 2 atom stereocenters. The number of hydrogen-bond donors (Lipinski definition) is 1. The van der Waals surface area contributed by atoms with Gasteiger partial charge in [0.1, 0.15) is 11.8 Å². The van der Waals surface area contributed by atoms with Crippen molar-refractivity contribution in [1.29, 1.82) is 0 Å². The zero-order chi connectivity index (χ0) is 15.9. The van der Waals surface area contributed by atoms with Crippen molar-refractivity contribution in [3.8, 4) is 0 Å². The Labute approximate surface area is 179 Å². The normalized spacial score (nSPS) is 20.4. The summed E-state index contributed by atoms with van der Waals surface area (Å²) in [7, 11) is -4.87. The molecule has 2 aromatic heterocycles. The fraction of sp³-hybridized carbons (Fsp3) is 0.300. The van der Waals surface area contributed by atoms with Crippen LogP contribution in [0.5, 0.6) is 0 Å². The molecule has 0 aromatic carbocycles. The number of anilines is 1. The molecule has 3 heterocycles. The Morgan fingerprint density at radius 2 is 2.08 bits per heavy atom. The van der Waals surface area contributed by atoms with Gasteiger partial charge in [0.15, 0.2) is 29.8 Å². The summed E-state index contributed by atoms with van der Waals surface area (Å²) in [5.74, 6) is -0.620. The van der Waals surface area contributed by atoms with Gasteiger partial charge in [0.2, 0.25) is 0 Å². The van der Waals surface area contributed by atoms with Crippen molar-refractivity contribution in [2.45, 2.75) is 12.5 Å². The average Bonchev–Trinajstić information content (AvgIpc) is 3.00. The van der Waals surface area contributed by atoms with Gasteiger partial charge in [-0.15, -0.1) is 0 Å². The van der Waals surface area contributed by atoms with E-state index in [9.17, 15) is 18.7 Å². The number of fused-ring (bicyclic) bond motifs is 1. The fourth-order valence-corrected chi connectivity index (χ4v) is 2.27. The molecule has 1 aliphatic heterocycles. The average molecular weight is 375 g/mol. The van der Waals surface area contributed by atoms with Gasteiger partial charge in [0, 0.05) is 6.08 Å². The van der Waals surface area contributed by atoms with Gasteiger partial charge >= 0.3 is 59.1 Å². The van der Waals surface area contributed by atoms with Crippen molar-refractivity contribution in [3.05, 3.63) is 24.6 Å². The zero-order valence-corrected chi connectivity index (χ0v) is 17.7. The number of nitrogens with two attached hydrogens (primary N) is 1. The second-order valence-corrected chi connectivity index (χ2v) is 5.88. The van der Waals surface area contributed by atoms with Crippen LogP contribution >= 0.6 is 7.60 Å². The summed E-state index contributed by atoms with van der Waals surface area (Å²) >= 11 is 0. The molecule has 10 nitrogen and oxygen atoms in total. The number of rotatable bonds is 4. The standard InChI is InChI=1S/C10H11FN5O5P.2Na/c11-5-1-6(20-4-22(17,18)19)21-10(5)16-3-15-7-8(12)13-2-14-9(7)16;;/h1-3,6,10H,4H2,(H2,12,13,14)(H2,17,18,19);;/q;2*+1/p-2/t6-,10+;;/m0../s1.